The molecular weight excluding hydrogens is 252 g/mol. The van der Waals surface area contributed by atoms with Gasteiger partial charge in [-0.1, -0.05) is 30.3 Å². The summed E-state index contributed by atoms with van der Waals surface area (Å²) in [6, 6.07) is 9.38. The number of carbonyl (C=O) groups is 1. The highest BCUT2D eigenvalue weighted by atomic mass is 19.3. The number of nitrogens with zero attached hydrogens (tertiary/aromatic N) is 1. The maximum absolute atomic E-state index is 13.8. The summed E-state index contributed by atoms with van der Waals surface area (Å²) in [6.45, 7) is 1.81. The molecule has 0 aliphatic carbocycles. The zero-order valence-corrected chi connectivity index (χ0v) is 10.8. The number of halogens is 2. The fraction of sp³-hybridized carbons (Fsp3) is 0.500. The van der Waals surface area contributed by atoms with E-state index >= 15 is 0 Å². The quantitative estimate of drug-likeness (QED) is 0.786. The van der Waals surface area contributed by atoms with Gasteiger partial charge in [-0.15, -0.1) is 0 Å². The summed E-state index contributed by atoms with van der Waals surface area (Å²) >= 11 is 0. The summed E-state index contributed by atoms with van der Waals surface area (Å²) in [5.41, 5.74) is 0.961. The minimum absolute atomic E-state index is 0.0424. The van der Waals surface area contributed by atoms with Crippen LogP contribution in [0.25, 0.3) is 0 Å². The molecule has 3 nitrogen and oxygen atoms in total. The van der Waals surface area contributed by atoms with Gasteiger partial charge < -0.3 is 4.74 Å². The molecule has 104 valence electrons. The van der Waals surface area contributed by atoms with Crippen molar-refractivity contribution in [1.29, 1.82) is 0 Å². The van der Waals surface area contributed by atoms with Gasteiger partial charge in [0.05, 0.1) is 13.2 Å². The van der Waals surface area contributed by atoms with Gasteiger partial charge in [0.15, 0.2) is 0 Å². The molecule has 1 aromatic carbocycles. The summed E-state index contributed by atoms with van der Waals surface area (Å²) in [6.07, 6.45) is 0. The number of carbonyl (C=O) groups excluding carboxylic acids is 1. The van der Waals surface area contributed by atoms with E-state index in [2.05, 4.69) is 0 Å². The molecule has 1 saturated heterocycles. The van der Waals surface area contributed by atoms with Crippen LogP contribution in [0.1, 0.15) is 12.5 Å². The van der Waals surface area contributed by atoms with E-state index in [1.165, 1.54) is 0 Å². The molecule has 1 fully saturated rings. The number of hydrogen-bond acceptors (Lipinski definition) is 3. The largest absolute Gasteiger partial charge is 0.466 e. The normalized spacial score (nSPS) is 22.4. The first-order valence-electron chi connectivity index (χ1n) is 6.33. The molecule has 2 rings (SSSR count). The minimum atomic E-state index is -3.01. The molecule has 1 heterocycles. The molecule has 19 heavy (non-hydrogen) atoms. The SMILES string of the molecule is CCOC(=O)[C@@H]1CN(Cc2ccccc2)CC1(F)F. The zero-order valence-electron chi connectivity index (χ0n) is 10.8. The Hall–Kier alpha value is -1.49. The van der Waals surface area contributed by atoms with E-state index in [9.17, 15) is 13.6 Å². The topological polar surface area (TPSA) is 29.5 Å². The van der Waals surface area contributed by atoms with Gasteiger partial charge in [-0.05, 0) is 12.5 Å². The van der Waals surface area contributed by atoms with Crippen LogP contribution in [-0.4, -0.2) is 36.5 Å². The fourth-order valence-corrected chi connectivity index (χ4v) is 2.32. The Labute approximate surface area is 111 Å². The van der Waals surface area contributed by atoms with Gasteiger partial charge in [-0.2, -0.15) is 0 Å². The zero-order chi connectivity index (χ0) is 13.9. The molecule has 0 N–H and O–H groups in total. The van der Waals surface area contributed by atoms with Crippen LogP contribution in [0.15, 0.2) is 30.3 Å². The number of likely N-dealkylation sites (tertiary alicyclic amines) is 1. The standard InChI is InChI=1S/C14H17F2NO2/c1-2-19-13(18)12-9-17(10-14(12,15)16)8-11-6-4-3-5-7-11/h3-7,12H,2,8-10H2,1H3/t12-/m0/s1. The predicted octanol–water partition coefficient (Wildman–Crippen LogP) is 2.32. The van der Waals surface area contributed by atoms with E-state index in [-0.39, 0.29) is 13.2 Å². The number of rotatable bonds is 4. The van der Waals surface area contributed by atoms with E-state index in [4.69, 9.17) is 4.74 Å². The highest BCUT2D eigenvalue weighted by Gasteiger charge is 2.52. The number of hydrogen-bond donors (Lipinski definition) is 0. The van der Waals surface area contributed by atoms with Crippen molar-refractivity contribution in [3.05, 3.63) is 35.9 Å². The average Bonchev–Trinajstić information content (AvgIpc) is 2.66. The number of esters is 1. The smallest absolute Gasteiger partial charge is 0.316 e. The Bertz CT molecular complexity index is 436. The van der Waals surface area contributed by atoms with Crippen LogP contribution in [-0.2, 0) is 16.1 Å². The molecule has 0 aromatic heterocycles. The first kappa shape index (κ1) is 13.9. The lowest BCUT2D eigenvalue weighted by Gasteiger charge is -2.15. The maximum Gasteiger partial charge on any atom is 0.316 e. The first-order valence-corrected chi connectivity index (χ1v) is 6.33. The molecule has 1 aromatic rings. The second-order valence-electron chi connectivity index (χ2n) is 4.72. The highest BCUT2D eigenvalue weighted by molar-refractivity contribution is 5.74. The Kier molecular flexibility index (Phi) is 4.14. The van der Waals surface area contributed by atoms with E-state index in [0.717, 1.165) is 5.56 Å². The van der Waals surface area contributed by atoms with Crippen LogP contribution < -0.4 is 0 Å². The number of ether oxygens (including phenoxy) is 1. The van der Waals surface area contributed by atoms with Crippen molar-refractivity contribution in [3.8, 4) is 0 Å². The van der Waals surface area contributed by atoms with Crippen molar-refractivity contribution in [2.45, 2.75) is 19.4 Å². The summed E-state index contributed by atoms with van der Waals surface area (Å²) in [5.74, 6) is -5.17. The van der Waals surface area contributed by atoms with Gasteiger partial charge in [0.2, 0.25) is 0 Å². The van der Waals surface area contributed by atoms with Crippen molar-refractivity contribution in [2.75, 3.05) is 19.7 Å². The summed E-state index contributed by atoms with van der Waals surface area (Å²) in [7, 11) is 0. The average molecular weight is 269 g/mol. The molecule has 0 amide bonds. The van der Waals surface area contributed by atoms with Gasteiger partial charge in [-0.3, -0.25) is 9.69 Å². The Morgan fingerprint density at radius 2 is 2.11 bits per heavy atom. The summed E-state index contributed by atoms with van der Waals surface area (Å²) in [4.78, 5) is 13.1. The first-order chi connectivity index (χ1) is 9.03. The van der Waals surface area contributed by atoms with Gasteiger partial charge in [0, 0.05) is 13.1 Å². The molecule has 0 spiro atoms. The van der Waals surface area contributed by atoms with Crippen LogP contribution in [0.5, 0.6) is 0 Å². The van der Waals surface area contributed by atoms with E-state index < -0.39 is 24.4 Å². The van der Waals surface area contributed by atoms with Crippen LogP contribution in [0.3, 0.4) is 0 Å². The number of alkyl halides is 2. The molecule has 0 saturated carbocycles. The van der Waals surface area contributed by atoms with Crippen molar-refractivity contribution in [2.24, 2.45) is 5.92 Å². The number of benzene rings is 1. The minimum Gasteiger partial charge on any atom is -0.466 e. The van der Waals surface area contributed by atoms with E-state index in [1.54, 1.807) is 11.8 Å². The van der Waals surface area contributed by atoms with Crippen molar-refractivity contribution < 1.29 is 18.3 Å². The third-order valence-corrected chi connectivity index (χ3v) is 3.21. The van der Waals surface area contributed by atoms with Gasteiger partial charge in [-0.25, -0.2) is 8.78 Å². The molecular formula is C14H17F2NO2. The van der Waals surface area contributed by atoms with Crippen LogP contribution >= 0.6 is 0 Å². The lowest BCUT2D eigenvalue weighted by atomic mass is 10.1. The molecule has 1 atom stereocenters. The van der Waals surface area contributed by atoms with Gasteiger partial charge in [0.25, 0.3) is 5.92 Å². The second kappa shape index (κ2) is 5.65. The fourth-order valence-electron chi connectivity index (χ4n) is 2.32. The highest BCUT2D eigenvalue weighted by Crippen LogP contribution is 2.34. The van der Waals surface area contributed by atoms with Crippen LogP contribution in [0.2, 0.25) is 0 Å². The van der Waals surface area contributed by atoms with Gasteiger partial charge >= 0.3 is 5.97 Å². The third kappa shape index (κ3) is 3.29. The molecule has 1 aliphatic heterocycles. The predicted molar refractivity (Wildman–Crippen MR) is 66.8 cm³/mol. The Balaban J connectivity index is 2.01. The molecule has 1 aliphatic rings. The molecule has 5 heteroatoms. The monoisotopic (exact) mass is 269 g/mol. The third-order valence-electron chi connectivity index (χ3n) is 3.21. The van der Waals surface area contributed by atoms with Crippen molar-refractivity contribution in [1.82, 2.24) is 4.90 Å². The lowest BCUT2D eigenvalue weighted by molar-refractivity contribution is -0.157. The van der Waals surface area contributed by atoms with Crippen molar-refractivity contribution in [3.63, 3.8) is 0 Å². The van der Waals surface area contributed by atoms with Crippen molar-refractivity contribution >= 4 is 5.97 Å². The maximum atomic E-state index is 13.8. The molecule has 0 radical (unpaired) electrons. The molecule has 0 unspecified atom stereocenters. The summed E-state index contributed by atoms with van der Waals surface area (Å²) in [5, 5.41) is 0. The van der Waals surface area contributed by atoms with Crippen LogP contribution in [0, 0.1) is 5.92 Å². The Morgan fingerprint density at radius 1 is 1.42 bits per heavy atom. The summed E-state index contributed by atoms with van der Waals surface area (Å²) < 4.78 is 32.3. The Morgan fingerprint density at radius 3 is 2.74 bits per heavy atom. The second-order valence-corrected chi connectivity index (χ2v) is 4.72. The van der Waals surface area contributed by atoms with Crippen LogP contribution in [0.4, 0.5) is 8.78 Å². The van der Waals surface area contributed by atoms with E-state index in [0.29, 0.717) is 6.54 Å². The van der Waals surface area contributed by atoms with E-state index in [1.807, 2.05) is 30.3 Å². The van der Waals surface area contributed by atoms with Gasteiger partial charge in [0.1, 0.15) is 5.92 Å². The lowest BCUT2D eigenvalue weighted by Crippen LogP contribution is -2.34. The molecule has 0 bridgehead atoms.